The van der Waals surface area contributed by atoms with E-state index >= 15 is 0 Å². The van der Waals surface area contributed by atoms with E-state index in [-0.39, 0.29) is 5.91 Å². The normalized spacial score (nSPS) is 14.3. The minimum Gasteiger partial charge on any atom is -0.496 e. The first-order valence-electron chi connectivity index (χ1n) is 9.19. The van der Waals surface area contributed by atoms with Crippen LogP contribution in [-0.2, 0) is 16.1 Å². The summed E-state index contributed by atoms with van der Waals surface area (Å²) in [6.45, 7) is 4.28. The van der Waals surface area contributed by atoms with E-state index in [1.807, 2.05) is 60.5 Å². The zero-order valence-electron chi connectivity index (χ0n) is 16.0. The van der Waals surface area contributed by atoms with Gasteiger partial charge in [0, 0.05) is 36.6 Å². The minimum absolute atomic E-state index is 0.0356. The Labute approximate surface area is 160 Å². The molecule has 1 aliphatic rings. The van der Waals surface area contributed by atoms with Gasteiger partial charge < -0.3 is 19.7 Å². The maximum atomic E-state index is 12.3. The van der Waals surface area contributed by atoms with Gasteiger partial charge in [-0.3, -0.25) is 9.69 Å². The highest BCUT2D eigenvalue weighted by molar-refractivity contribution is 5.92. The molecular formula is C21H27N3O3. The molecule has 6 heteroatoms. The molecule has 0 saturated carbocycles. The molecule has 0 spiro atoms. The standard InChI is InChI=1S/C21H27N3O3/c1-23(15-17-5-3-4-6-20(17)26-2)16-21(25)22-18-7-9-19(10-8-18)24-11-13-27-14-12-24/h3-10H,11-16H2,1-2H3,(H,22,25). The number of morpholine rings is 1. The highest BCUT2D eigenvalue weighted by atomic mass is 16.5. The van der Waals surface area contributed by atoms with E-state index in [0.29, 0.717) is 13.1 Å². The van der Waals surface area contributed by atoms with Crippen LogP contribution in [0.1, 0.15) is 5.56 Å². The van der Waals surface area contributed by atoms with Crippen molar-refractivity contribution in [2.45, 2.75) is 6.54 Å². The summed E-state index contributed by atoms with van der Waals surface area (Å²) >= 11 is 0. The zero-order valence-corrected chi connectivity index (χ0v) is 16.0. The lowest BCUT2D eigenvalue weighted by Gasteiger charge is -2.28. The van der Waals surface area contributed by atoms with Crippen LogP contribution in [0, 0.1) is 0 Å². The highest BCUT2D eigenvalue weighted by Crippen LogP contribution is 2.20. The molecule has 0 unspecified atom stereocenters. The number of carbonyl (C=O) groups excluding carboxylic acids is 1. The molecule has 6 nitrogen and oxygen atoms in total. The number of carbonyl (C=O) groups is 1. The number of likely N-dealkylation sites (N-methyl/N-ethyl adjacent to an activating group) is 1. The summed E-state index contributed by atoms with van der Waals surface area (Å²) in [4.78, 5) is 16.6. The van der Waals surface area contributed by atoms with Gasteiger partial charge in [-0.25, -0.2) is 0 Å². The van der Waals surface area contributed by atoms with Crippen molar-refractivity contribution in [3.8, 4) is 5.75 Å². The Morgan fingerprint density at radius 1 is 1.15 bits per heavy atom. The number of benzene rings is 2. The number of ether oxygens (including phenoxy) is 2. The Bertz CT molecular complexity index is 743. The summed E-state index contributed by atoms with van der Waals surface area (Å²) in [5, 5.41) is 2.96. The number of hydrogen-bond donors (Lipinski definition) is 1. The summed E-state index contributed by atoms with van der Waals surface area (Å²) in [6, 6.07) is 15.8. The van der Waals surface area contributed by atoms with Crippen LogP contribution in [0.2, 0.25) is 0 Å². The van der Waals surface area contributed by atoms with E-state index in [1.54, 1.807) is 7.11 Å². The minimum atomic E-state index is -0.0356. The van der Waals surface area contributed by atoms with E-state index in [4.69, 9.17) is 9.47 Å². The Morgan fingerprint density at radius 3 is 2.56 bits per heavy atom. The first kappa shape index (κ1) is 19.2. The van der Waals surface area contributed by atoms with Crippen LogP contribution in [0.3, 0.4) is 0 Å². The van der Waals surface area contributed by atoms with Gasteiger partial charge in [-0.15, -0.1) is 0 Å². The van der Waals surface area contributed by atoms with Gasteiger partial charge in [0.15, 0.2) is 0 Å². The first-order valence-corrected chi connectivity index (χ1v) is 9.19. The highest BCUT2D eigenvalue weighted by Gasteiger charge is 2.12. The number of nitrogens with zero attached hydrogens (tertiary/aromatic N) is 2. The molecule has 0 radical (unpaired) electrons. The van der Waals surface area contributed by atoms with Crippen molar-refractivity contribution in [1.29, 1.82) is 0 Å². The third-order valence-corrected chi connectivity index (χ3v) is 4.57. The molecule has 0 bridgehead atoms. The maximum absolute atomic E-state index is 12.3. The summed E-state index contributed by atoms with van der Waals surface area (Å²) in [5.41, 5.74) is 3.03. The molecule has 1 saturated heterocycles. The molecule has 1 fully saturated rings. The van der Waals surface area contributed by atoms with Gasteiger partial charge in [-0.2, -0.15) is 0 Å². The van der Waals surface area contributed by atoms with Crippen molar-refractivity contribution in [2.75, 3.05) is 57.2 Å². The van der Waals surface area contributed by atoms with Gasteiger partial charge >= 0.3 is 0 Å². The van der Waals surface area contributed by atoms with E-state index < -0.39 is 0 Å². The summed E-state index contributed by atoms with van der Waals surface area (Å²) < 4.78 is 10.7. The smallest absolute Gasteiger partial charge is 0.238 e. The predicted molar refractivity (Wildman–Crippen MR) is 107 cm³/mol. The molecule has 0 atom stereocenters. The van der Waals surface area contributed by atoms with Gasteiger partial charge in [0.1, 0.15) is 5.75 Å². The molecular weight excluding hydrogens is 342 g/mol. The van der Waals surface area contributed by atoms with Crippen LogP contribution in [0.25, 0.3) is 0 Å². The monoisotopic (exact) mass is 369 g/mol. The third kappa shape index (κ3) is 5.45. The van der Waals surface area contributed by atoms with Crippen LogP contribution >= 0.6 is 0 Å². The van der Waals surface area contributed by atoms with Gasteiger partial charge in [-0.05, 0) is 37.4 Å². The average Bonchev–Trinajstić information content (AvgIpc) is 2.69. The molecule has 27 heavy (non-hydrogen) atoms. The lowest BCUT2D eigenvalue weighted by molar-refractivity contribution is -0.117. The fraction of sp³-hybridized carbons (Fsp3) is 0.381. The fourth-order valence-corrected chi connectivity index (χ4v) is 3.20. The van der Waals surface area contributed by atoms with Gasteiger partial charge in [0.25, 0.3) is 0 Å². The molecule has 1 N–H and O–H groups in total. The van der Waals surface area contributed by atoms with E-state index in [1.165, 1.54) is 0 Å². The third-order valence-electron chi connectivity index (χ3n) is 4.57. The van der Waals surface area contributed by atoms with Crippen molar-refractivity contribution in [1.82, 2.24) is 4.90 Å². The van der Waals surface area contributed by atoms with Crippen LogP contribution in [-0.4, -0.2) is 57.8 Å². The van der Waals surface area contributed by atoms with Crippen molar-refractivity contribution < 1.29 is 14.3 Å². The maximum Gasteiger partial charge on any atom is 0.238 e. The van der Waals surface area contributed by atoms with Crippen molar-refractivity contribution >= 4 is 17.3 Å². The number of anilines is 2. The quantitative estimate of drug-likeness (QED) is 0.813. The topological polar surface area (TPSA) is 54.0 Å². The Kier molecular flexibility index (Phi) is 6.68. The van der Waals surface area contributed by atoms with E-state index in [2.05, 4.69) is 10.2 Å². The molecule has 144 valence electrons. The van der Waals surface area contributed by atoms with Crippen LogP contribution in [0.15, 0.2) is 48.5 Å². The molecule has 1 aliphatic heterocycles. The Hall–Kier alpha value is -2.57. The molecule has 0 aromatic heterocycles. The number of amides is 1. The lowest BCUT2D eigenvalue weighted by atomic mass is 10.2. The van der Waals surface area contributed by atoms with E-state index in [9.17, 15) is 4.79 Å². The molecule has 0 aliphatic carbocycles. The van der Waals surface area contributed by atoms with Crippen LogP contribution < -0.4 is 15.0 Å². The lowest BCUT2D eigenvalue weighted by Crippen LogP contribution is -2.36. The molecule has 3 rings (SSSR count). The molecule has 2 aromatic carbocycles. The number of para-hydroxylation sites is 1. The number of hydrogen-bond acceptors (Lipinski definition) is 5. The number of methoxy groups -OCH3 is 1. The molecule has 1 amide bonds. The molecule has 2 aromatic rings. The second kappa shape index (κ2) is 9.39. The summed E-state index contributed by atoms with van der Waals surface area (Å²) in [5.74, 6) is 0.801. The van der Waals surface area contributed by atoms with Crippen LogP contribution in [0.5, 0.6) is 5.75 Å². The molecule has 1 heterocycles. The predicted octanol–water partition coefficient (Wildman–Crippen LogP) is 2.60. The average molecular weight is 369 g/mol. The summed E-state index contributed by atoms with van der Waals surface area (Å²) in [6.07, 6.45) is 0. The Morgan fingerprint density at radius 2 is 1.85 bits per heavy atom. The second-order valence-electron chi connectivity index (χ2n) is 6.68. The van der Waals surface area contributed by atoms with Gasteiger partial charge in [0.05, 0.1) is 26.9 Å². The van der Waals surface area contributed by atoms with Crippen molar-refractivity contribution in [3.63, 3.8) is 0 Å². The van der Waals surface area contributed by atoms with E-state index in [0.717, 1.165) is 49.0 Å². The van der Waals surface area contributed by atoms with Gasteiger partial charge in [0.2, 0.25) is 5.91 Å². The zero-order chi connectivity index (χ0) is 19.1. The van der Waals surface area contributed by atoms with Crippen LogP contribution in [0.4, 0.5) is 11.4 Å². The van der Waals surface area contributed by atoms with Crippen molar-refractivity contribution in [3.05, 3.63) is 54.1 Å². The van der Waals surface area contributed by atoms with Crippen molar-refractivity contribution in [2.24, 2.45) is 0 Å². The second-order valence-corrected chi connectivity index (χ2v) is 6.68. The first-order chi connectivity index (χ1) is 13.2. The number of nitrogens with one attached hydrogen (secondary N) is 1. The largest absolute Gasteiger partial charge is 0.496 e. The summed E-state index contributed by atoms with van der Waals surface area (Å²) in [7, 11) is 3.58. The number of rotatable bonds is 7. The Balaban J connectivity index is 1.51. The van der Waals surface area contributed by atoms with Gasteiger partial charge in [-0.1, -0.05) is 18.2 Å². The fourth-order valence-electron chi connectivity index (χ4n) is 3.20. The SMILES string of the molecule is COc1ccccc1CN(C)CC(=O)Nc1ccc(N2CCOCC2)cc1.